The van der Waals surface area contributed by atoms with Gasteiger partial charge >= 0.3 is 0 Å². The van der Waals surface area contributed by atoms with Gasteiger partial charge in [0.2, 0.25) is 0 Å². The Hall–Kier alpha value is -1.38. The lowest BCUT2D eigenvalue weighted by atomic mass is 9.57. The highest BCUT2D eigenvalue weighted by atomic mass is 35.5. The Morgan fingerprint density at radius 2 is 1.95 bits per heavy atom. The van der Waals surface area contributed by atoms with Crippen LogP contribution in [0.1, 0.15) is 36.4 Å². The first kappa shape index (κ1) is 14.6. The lowest BCUT2D eigenvalue weighted by Gasteiger charge is -2.46. The molecule has 2 aromatic rings. The Morgan fingerprint density at radius 3 is 2.48 bits per heavy atom. The maximum Gasteiger partial charge on any atom is 0.129 e. The van der Waals surface area contributed by atoms with E-state index in [1.54, 1.807) is 12.3 Å². The van der Waals surface area contributed by atoms with Crippen LogP contribution in [-0.2, 0) is 10.2 Å². The van der Waals surface area contributed by atoms with Gasteiger partial charge in [-0.05, 0) is 42.7 Å². The maximum atomic E-state index is 11.8. The molecule has 0 bridgehead atoms. The van der Waals surface area contributed by atoms with Gasteiger partial charge in [0.1, 0.15) is 6.29 Å². The summed E-state index contributed by atoms with van der Waals surface area (Å²) >= 11 is 12.2. The standard InChI is InChI=1S/C17H15Cl2NO/c18-14-6-5-12(10-15(14)19)17(7-3-8-17)13(11-21)16-4-1-2-9-20-16/h1-2,4-6,9-11,13H,3,7-8H2. The molecule has 1 atom stereocenters. The summed E-state index contributed by atoms with van der Waals surface area (Å²) in [5, 5.41) is 1.07. The van der Waals surface area contributed by atoms with Crippen LogP contribution < -0.4 is 0 Å². The van der Waals surface area contributed by atoms with Gasteiger partial charge in [-0.1, -0.05) is 41.8 Å². The number of aromatic nitrogens is 1. The number of aldehydes is 1. The molecule has 4 heteroatoms. The zero-order valence-corrected chi connectivity index (χ0v) is 12.9. The topological polar surface area (TPSA) is 30.0 Å². The van der Waals surface area contributed by atoms with E-state index in [4.69, 9.17) is 23.2 Å². The molecule has 0 N–H and O–H groups in total. The molecule has 1 aliphatic carbocycles. The third-order valence-corrected chi connectivity index (χ3v) is 5.22. The summed E-state index contributed by atoms with van der Waals surface area (Å²) in [5.74, 6) is -0.246. The summed E-state index contributed by atoms with van der Waals surface area (Å²) in [6.45, 7) is 0. The molecule has 1 unspecified atom stereocenters. The van der Waals surface area contributed by atoms with E-state index in [9.17, 15) is 4.79 Å². The minimum Gasteiger partial charge on any atom is -0.303 e. The van der Waals surface area contributed by atoms with Crippen molar-refractivity contribution in [2.45, 2.75) is 30.6 Å². The number of pyridine rings is 1. The molecule has 1 saturated carbocycles. The Balaban J connectivity index is 2.06. The lowest BCUT2D eigenvalue weighted by molar-refractivity contribution is -0.111. The summed E-state index contributed by atoms with van der Waals surface area (Å²) in [7, 11) is 0. The van der Waals surface area contributed by atoms with Gasteiger partial charge in [-0.3, -0.25) is 4.98 Å². The van der Waals surface area contributed by atoms with Crippen LogP contribution in [0.15, 0.2) is 42.6 Å². The molecule has 108 valence electrons. The highest BCUT2D eigenvalue weighted by molar-refractivity contribution is 6.42. The fourth-order valence-corrected chi connectivity index (χ4v) is 3.48. The molecule has 21 heavy (non-hydrogen) atoms. The third kappa shape index (κ3) is 2.47. The van der Waals surface area contributed by atoms with E-state index in [0.717, 1.165) is 36.8 Å². The molecule has 0 saturated heterocycles. The fraction of sp³-hybridized carbons (Fsp3) is 0.294. The summed E-state index contributed by atoms with van der Waals surface area (Å²) in [6.07, 6.45) is 5.78. The van der Waals surface area contributed by atoms with Crippen molar-refractivity contribution in [2.24, 2.45) is 0 Å². The van der Waals surface area contributed by atoms with Crippen LogP contribution in [0.4, 0.5) is 0 Å². The Labute approximate surface area is 134 Å². The van der Waals surface area contributed by atoms with Crippen molar-refractivity contribution in [3.8, 4) is 0 Å². The molecule has 0 radical (unpaired) electrons. The lowest BCUT2D eigenvalue weighted by Crippen LogP contribution is -2.41. The second-order valence-corrected chi connectivity index (χ2v) is 6.32. The number of carbonyl (C=O) groups is 1. The Morgan fingerprint density at radius 1 is 1.14 bits per heavy atom. The smallest absolute Gasteiger partial charge is 0.129 e. The number of hydrogen-bond acceptors (Lipinski definition) is 2. The zero-order valence-electron chi connectivity index (χ0n) is 11.4. The summed E-state index contributed by atoms with van der Waals surface area (Å²) < 4.78 is 0. The minimum atomic E-state index is -0.246. The highest BCUT2D eigenvalue weighted by Crippen LogP contribution is 2.52. The molecular formula is C17H15Cl2NO. The van der Waals surface area contributed by atoms with Gasteiger partial charge in [0, 0.05) is 11.6 Å². The van der Waals surface area contributed by atoms with Gasteiger partial charge in [0.25, 0.3) is 0 Å². The molecule has 3 rings (SSSR count). The second kappa shape index (κ2) is 5.78. The van der Waals surface area contributed by atoms with E-state index >= 15 is 0 Å². The number of hydrogen-bond donors (Lipinski definition) is 0. The Bertz CT molecular complexity index is 653. The molecule has 2 nitrogen and oxygen atoms in total. The van der Waals surface area contributed by atoms with E-state index in [0.29, 0.717) is 10.0 Å². The number of carbonyl (C=O) groups excluding carboxylic acids is 1. The van der Waals surface area contributed by atoms with E-state index in [2.05, 4.69) is 4.98 Å². The molecule has 0 amide bonds. The zero-order chi connectivity index (χ0) is 14.9. The van der Waals surface area contributed by atoms with Crippen LogP contribution >= 0.6 is 23.2 Å². The molecule has 0 spiro atoms. The molecule has 1 fully saturated rings. The first-order valence-electron chi connectivity index (χ1n) is 6.99. The van der Waals surface area contributed by atoms with Crippen molar-refractivity contribution in [1.29, 1.82) is 0 Å². The second-order valence-electron chi connectivity index (χ2n) is 5.51. The van der Waals surface area contributed by atoms with Crippen molar-refractivity contribution < 1.29 is 4.79 Å². The van der Waals surface area contributed by atoms with Gasteiger partial charge in [-0.2, -0.15) is 0 Å². The number of halogens is 2. The van der Waals surface area contributed by atoms with E-state index in [1.807, 2.05) is 30.3 Å². The molecule has 1 aromatic carbocycles. The van der Waals surface area contributed by atoms with Gasteiger partial charge in [-0.15, -0.1) is 0 Å². The van der Waals surface area contributed by atoms with Crippen molar-refractivity contribution in [1.82, 2.24) is 4.98 Å². The van der Waals surface area contributed by atoms with Gasteiger partial charge in [0.05, 0.1) is 21.7 Å². The summed E-state index contributed by atoms with van der Waals surface area (Å²) in [5.41, 5.74) is 1.69. The molecular weight excluding hydrogens is 305 g/mol. The predicted molar refractivity (Wildman–Crippen MR) is 85.0 cm³/mol. The highest BCUT2D eigenvalue weighted by Gasteiger charge is 2.46. The van der Waals surface area contributed by atoms with Crippen molar-refractivity contribution in [3.05, 3.63) is 63.9 Å². The van der Waals surface area contributed by atoms with Crippen LogP contribution in [0.5, 0.6) is 0 Å². The summed E-state index contributed by atoms with van der Waals surface area (Å²) in [6, 6.07) is 11.4. The van der Waals surface area contributed by atoms with Crippen LogP contribution in [0.2, 0.25) is 10.0 Å². The molecule has 1 aromatic heterocycles. The van der Waals surface area contributed by atoms with Crippen LogP contribution in [0.25, 0.3) is 0 Å². The van der Waals surface area contributed by atoms with Crippen LogP contribution in [0.3, 0.4) is 0 Å². The SMILES string of the molecule is O=CC(c1ccccn1)C1(c2ccc(Cl)c(Cl)c2)CCC1. The van der Waals surface area contributed by atoms with Gasteiger partial charge in [0.15, 0.2) is 0 Å². The average molecular weight is 320 g/mol. The minimum absolute atomic E-state index is 0.204. The average Bonchev–Trinajstić information content (AvgIpc) is 2.47. The van der Waals surface area contributed by atoms with E-state index < -0.39 is 0 Å². The molecule has 1 aliphatic rings. The van der Waals surface area contributed by atoms with Gasteiger partial charge in [-0.25, -0.2) is 0 Å². The quantitative estimate of drug-likeness (QED) is 0.758. The van der Waals surface area contributed by atoms with Crippen molar-refractivity contribution >= 4 is 29.5 Å². The van der Waals surface area contributed by atoms with E-state index in [-0.39, 0.29) is 11.3 Å². The normalized spacial score (nSPS) is 17.8. The first-order valence-corrected chi connectivity index (χ1v) is 7.75. The van der Waals surface area contributed by atoms with Crippen molar-refractivity contribution in [2.75, 3.05) is 0 Å². The number of rotatable bonds is 4. The first-order chi connectivity index (χ1) is 10.2. The fourth-order valence-electron chi connectivity index (χ4n) is 3.19. The van der Waals surface area contributed by atoms with Crippen molar-refractivity contribution in [3.63, 3.8) is 0 Å². The number of benzene rings is 1. The predicted octanol–water partition coefficient (Wildman–Crippen LogP) is 4.79. The largest absolute Gasteiger partial charge is 0.303 e. The van der Waals surface area contributed by atoms with Crippen LogP contribution in [-0.4, -0.2) is 11.3 Å². The Kier molecular flexibility index (Phi) is 4.01. The molecule has 1 heterocycles. The van der Waals surface area contributed by atoms with Crippen LogP contribution in [0, 0.1) is 0 Å². The summed E-state index contributed by atoms with van der Waals surface area (Å²) in [4.78, 5) is 16.1. The molecule has 0 aliphatic heterocycles. The maximum absolute atomic E-state index is 11.8. The van der Waals surface area contributed by atoms with E-state index in [1.165, 1.54) is 0 Å². The van der Waals surface area contributed by atoms with Gasteiger partial charge < -0.3 is 4.79 Å². The monoisotopic (exact) mass is 319 g/mol. The third-order valence-electron chi connectivity index (χ3n) is 4.48. The number of nitrogens with zero attached hydrogens (tertiary/aromatic N) is 1.